The van der Waals surface area contributed by atoms with Crippen LogP contribution >= 0.6 is 15.9 Å². The molecule has 1 aliphatic carbocycles. The Balaban J connectivity index is 1.64. The Kier molecular flexibility index (Phi) is 5.36. The number of amides is 1. The maximum atomic E-state index is 12.6. The van der Waals surface area contributed by atoms with Crippen LogP contribution in [0.3, 0.4) is 0 Å². The number of imidazole rings is 1. The standard InChI is InChI=1S/C18H24BrN3O/c1-2-22(15-6-4-3-5-7-15)18(23)10-11-21-13-20-16-12-14(19)8-9-17(16)21/h8-9,12-13,15H,2-7,10-11H2,1H3. The highest BCUT2D eigenvalue weighted by Gasteiger charge is 2.23. The lowest BCUT2D eigenvalue weighted by Crippen LogP contribution is -2.41. The highest BCUT2D eigenvalue weighted by molar-refractivity contribution is 9.10. The molecule has 0 saturated heterocycles. The molecular formula is C18H24BrN3O. The summed E-state index contributed by atoms with van der Waals surface area (Å²) in [7, 11) is 0. The van der Waals surface area contributed by atoms with Gasteiger partial charge in [0.25, 0.3) is 0 Å². The normalized spacial score (nSPS) is 15.9. The maximum Gasteiger partial charge on any atom is 0.224 e. The topological polar surface area (TPSA) is 38.1 Å². The van der Waals surface area contributed by atoms with Gasteiger partial charge in [0.05, 0.1) is 17.4 Å². The molecular weight excluding hydrogens is 354 g/mol. The molecule has 0 N–H and O–H groups in total. The number of fused-ring (bicyclic) bond motifs is 1. The number of aromatic nitrogens is 2. The molecule has 3 rings (SSSR count). The Morgan fingerprint density at radius 2 is 2.13 bits per heavy atom. The largest absolute Gasteiger partial charge is 0.340 e. The number of carbonyl (C=O) groups excluding carboxylic acids is 1. The number of rotatable bonds is 5. The lowest BCUT2D eigenvalue weighted by Gasteiger charge is -2.33. The van der Waals surface area contributed by atoms with Crippen molar-refractivity contribution in [3.63, 3.8) is 0 Å². The molecule has 0 spiro atoms. The van der Waals surface area contributed by atoms with E-state index >= 15 is 0 Å². The molecule has 1 aromatic heterocycles. The van der Waals surface area contributed by atoms with Crippen LogP contribution in [0.15, 0.2) is 29.0 Å². The van der Waals surface area contributed by atoms with Crippen molar-refractivity contribution in [2.75, 3.05) is 6.54 Å². The third-order valence-electron chi connectivity index (χ3n) is 4.83. The zero-order chi connectivity index (χ0) is 16.2. The van der Waals surface area contributed by atoms with Gasteiger partial charge in [-0.25, -0.2) is 4.98 Å². The van der Waals surface area contributed by atoms with Crippen LogP contribution < -0.4 is 0 Å². The van der Waals surface area contributed by atoms with Gasteiger partial charge < -0.3 is 9.47 Å². The Hall–Kier alpha value is -1.36. The monoisotopic (exact) mass is 377 g/mol. The molecule has 0 radical (unpaired) electrons. The second kappa shape index (κ2) is 7.47. The minimum atomic E-state index is 0.276. The van der Waals surface area contributed by atoms with Crippen molar-refractivity contribution in [1.82, 2.24) is 14.5 Å². The lowest BCUT2D eigenvalue weighted by atomic mass is 9.94. The smallest absolute Gasteiger partial charge is 0.224 e. The minimum absolute atomic E-state index is 0.276. The van der Waals surface area contributed by atoms with Crippen LogP contribution in [0.25, 0.3) is 11.0 Å². The summed E-state index contributed by atoms with van der Waals surface area (Å²) in [5.74, 6) is 0.276. The van der Waals surface area contributed by atoms with E-state index in [0.29, 0.717) is 19.0 Å². The predicted molar refractivity (Wildman–Crippen MR) is 96.3 cm³/mol. The van der Waals surface area contributed by atoms with Crippen LogP contribution in [0.5, 0.6) is 0 Å². The van der Waals surface area contributed by atoms with Gasteiger partial charge in [-0.15, -0.1) is 0 Å². The average molecular weight is 378 g/mol. The number of halogens is 1. The van der Waals surface area contributed by atoms with Gasteiger partial charge in [0, 0.05) is 30.0 Å². The first-order valence-electron chi connectivity index (χ1n) is 8.59. The molecule has 1 aliphatic rings. The fourth-order valence-corrected chi connectivity index (χ4v) is 3.95. The van der Waals surface area contributed by atoms with Crippen molar-refractivity contribution < 1.29 is 4.79 Å². The van der Waals surface area contributed by atoms with E-state index in [4.69, 9.17) is 0 Å². The summed E-state index contributed by atoms with van der Waals surface area (Å²) in [5.41, 5.74) is 2.05. The first-order chi connectivity index (χ1) is 11.2. The number of aryl methyl sites for hydroxylation is 1. The summed E-state index contributed by atoms with van der Waals surface area (Å²) in [6.45, 7) is 3.61. The molecule has 0 aliphatic heterocycles. The van der Waals surface area contributed by atoms with E-state index in [1.165, 1.54) is 32.1 Å². The first-order valence-corrected chi connectivity index (χ1v) is 9.38. The van der Waals surface area contributed by atoms with Crippen molar-refractivity contribution in [3.8, 4) is 0 Å². The molecule has 0 unspecified atom stereocenters. The Labute approximate surface area is 146 Å². The summed E-state index contributed by atoms with van der Waals surface area (Å²) >= 11 is 3.47. The molecule has 1 amide bonds. The number of carbonyl (C=O) groups is 1. The second-order valence-electron chi connectivity index (χ2n) is 6.29. The van der Waals surface area contributed by atoms with E-state index in [-0.39, 0.29) is 5.91 Å². The highest BCUT2D eigenvalue weighted by atomic mass is 79.9. The third-order valence-corrected chi connectivity index (χ3v) is 5.32. The van der Waals surface area contributed by atoms with Crippen molar-refractivity contribution in [2.45, 2.75) is 58.0 Å². The van der Waals surface area contributed by atoms with E-state index in [1.54, 1.807) is 0 Å². The summed E-state index contributed by atoms with van der Waals surface area (Å²) < 4.78 is 3.11. The summed E-state index contributed by atoms with van der Waals surface area (Å²) in [6.07, 6.45) is 8.56. The van der Waals surface area contributed by atoms with Gasteiger partial charge in [0.2, 0.25) is 5.91 Å². The third kappa shape index (κ3) is 3.77. The van der Waals surface area contributed by atoms with Crippen LogP contribution in [0.4, 0.5) is 0 Å². The zero-order valence-corrected chi connectivity index (χ0v) is 15.3. The van der Waals surface area contributed by atoms with E-state index in [1.807, 2.05) is 18.5 Å². The van der Waals surface area contributed by atoms with E-state index in [0.717, 1.165) is 22.1 Å². The molecule has 1 heterocycles. The second-order valence-corrected chi connectivity index (χ2v) is 7.21. The van der Waals surface area contributed by atoms with E-state index in [9.17, 15) is 4.79 Å². The zero-order valence-electron chi connectivity index (χ0n) is 13.7. The summed E-state index contributed by atoms with van der Waals surface area (Å²) in [5, 5.41) is 0. The Bertz CT molecular complexity index is 676. The van der Waals surface area contributed by atoms with Gasteiger partial charge in [-0.1, -0.05) is 35.2 Å². The van der Waals surface area contributed by atoms with Crippen LogP contribution in [0, 0.1) is 0 Å². The summed E-state index contributed by atoms with van der Waals surface area (Å²) in [6, 6.07) is 6.53. The molecule has 5 heteroatoms. The lowest BCUT2D eigenvalue weighted by molar-refractivity contribution is -0.134. The van der Waals surface area contributed by atoms with E-state index < -0.39 is 0 Å². The number of nitrogens with zero attached hydrogens (tertiary/aromatic N) is 3. The summed E-state index contributed by atoms with van der Waals surface area (Å²) in [4.78, 5) is 19.2. The van der Waals surface area contributed by atoms with Gasteiger partial charge in [-0.3, -0.25) is 4.79 Å². The fourth-order valence-electron chi connectivity index (χ4n) is 3.61. The Morgan fingerprint density at radius 1 is 1.35 bits per heavy atom. The number of hydrogen-bond donors (Lipinski definition) is 0. The van der Waals surface area contributed by atoms with Crippen molar-refractivity contribution in [2.24, 2.45) is 0 Å². The van der Waals surface area contributed by atoms with Crippen LogP contribution in [0.1, 0.15) is 45.4 Å². The van der Waals surface area contributed by atoms with Crippen LogP contribution in [-0.4, -0.2) is 32.9 Å². The quantitative estimate of drug-likeness (QED) is 0.775. The number of benzene rings is 1. The molecule has 2 aromatic rings. The minimum Gasteiger partial charge on any atom is -0.340 e. The Morgan fingerprint density at radius 3 is 2.87 bits per heavy atom. The fraction of sp³-hybridized carbons (Fsp3) is 0.556. The molecule has 23 heavy (non-hydrogen) atoms. The van der Waals surface area contributed by atoms with Gasteiger partial charge in [-0.05, 0) is 38.0 Å². The van der Waals surface area contributed by atoms with Gasteiger partial charge >= 0.3 is 0 Å². The molecule has 4 nitrogen and oxygen atoms in total. The predicted octanol–water partition coefficient (Wildman–Crippen LogP) is 4.37. The average Bonchev–Trinajstić information content (AvgIpc) is 2.96. The number of hydrogen-bond acceptors (Lipinski definition) is 2. The van der Waals surface area contributed by atoms with Gasteiger partial charge in [0.15, 0.2) is 0 Å². The molecule has 124 valence electrons. The molecule has 0 atom stereocenters. The van der Waals surface area contributed by atoms with Crippen molar-refractivity contribution >= 4 is 32.9 Å². The highest BCUT2D eigenvalue weighted by Crippen LogP contribution is 2.23. The van der Waals surface area contributed by atoms with Gasteiger partial charge in [-0.2, -0.15) is 0 Å². The van der Waals surface area contributed by atoms with E-state index in [2.05, 4.69) is 43.4 Å². The van der Waals surface area contributed by atoms with Crippen LogP contribution in [0.2, 0.25) is 0 Å². The van der Waals surface area contributed by atoms with Crippen LogP contribution in [-0.2, 0) is 11.3 Å². The molecule has 1 fully saturated rings. The van der Waals surface area contributed by atoms with Crippen molar-refractivity contribution in [3.05, 3.63) is 29.0 Å². The first kappa shape index (κ1) is 16.5. The van der Waals surface area contributed by atoms with Crippen molar-refractivity contribution in [1.29, 1.82) is 0 Å². The van der Waals surface area contributed by atoms with Gasteiger partial charge in [0.1, 0.15) is 0 Å². The SMILES string of the molecule is CCN(C(=O)CCn1cnc2cc(Br)ccc21)C1CCCCC1. The molecule has 1 saturated carbocycles. The molecule has 1 aromatic carbocycles. The molecule has 0 bridgehead atoms. The maximum absolute atomic E-state index is 12.6.